The molecule has 0 bridgehead atoms. The Balaban J connectivity index is 2.67. The van der Waals surface area contributed by atoms with Crippen LogP contribution in [0.25, 0.3) is 0 Å². The van der Waals surface area contributed by atoms with Gasteiger partial charge >= 0.3 is 6.03 Å². The topological polar surface area (TPSA) is 70.7 Å². The number of carbonyl (C=O) groups is 2. The van der Waals surface area contributed by atoms with Crippen LogP contribution >= 0.6 is 0 Å². The number of hydrogen-bond donors (Lipinski definition) is 2. The maximum absolute atomic E-state index is 12.0. The summed E-state index contributed by atoms with van der Waals surface area (Å²) >= 11 is 0. The van der Waals surface area contributed by atoms with Crippen LogP contribution in [0.2, 0.25) is 0 Å². The summed E-state index contributed by atoms with van der Waals surface area (Å²) in [7, 11) is 0. The van der Waals surface area contributed by atoms with Crippen LogP contribution in [-0.2, 0) is 9.53 Å². The molecule has 6 heteroatoms. The van der Waals surface area contributed by atoms with Crippen molar-refractivity contribution in [3.63, 3.8) is 0 Å². The highest BCUT2D eigenvalue weighted by Gasteiger charge is 2.33. The quantitative estimate of drug-likeness (QED) is 0.765. The minimum Gasteiger partial charge on any atom is -0.377 e. The molecule has 6 nitrogen and oxygen atoms in total. The first-order valence-electron chi connectivity index (χ1n) is 6.37. The Morgan fingerprint density at radius 2 is 1.78 bits per heavy atom. The molecule has 1 aliphatic rings. The molecule has 0 radical (unpaired) electrons. The smallest absolute Gasteiger partial charge is 0.318 e. The van der Waals surface area contributed by atoms with Crippen LogP contribution in [0.5, 0.6) is 0 Å². The number of rotatable bonds is 3. The fourth-order valence-electron chi connectivity index (χ4n) is 1.77. The first-order chi connectivity index (χ1) is 8.41. The Bertz CT molecular complexity index is 275. The maximum Gasteiger partial charge on any atom is 0.318 e. The van der Waals surface area contributed by atoms with Gasteiger partial charge in [-0.2, -0.15) is 0 Å². The fourth-order valence-corrected chi connectivity index (χ4v) is 1.77. The zero-order valence-corrected chi connectivity index (χ0v) is 11.5. The number of hydrogen-bond acceptors (Lipinski definition) is 3. The molecule has 18 heavy (non-hydrogen) atoms. The Labute approximate surface area is 108 Å². The van der Waals surface area contributed by atoms with E-state index in [2.05, 4.69) is 10.6 Å². The second kappa shape index (κ2) is 6.58. The molecule has 3 amide bonds. The summed E-state index contributed by atoms with van der Waals surface area (Å²) in [5, 5.41) is 5.61. The van der Waals surface area contributed by atoms with Gasteiger partial charge in [0.2, 0.25) is 5.91 Å². The van der Waals surface area contributed by atoms with Gasteiger partial charge in [0.25, 0.3) is 0 Å². The van der Waals surface area contributed by atoms with E-state index in [-0.39, 0.29) is 30.6 Å². The van der Waals surface area contributed by atoms with Crippen LogP contribution in [-0.4, -0.2) is 54.7 Å². The number of nitrogens with one attached hydrogen (secondary N) is 2. The Morgan fingerprint density at radius 1 is 1.17 bits per heavy atom. The summed E-state index contributed by atoms with van der Waals surface area (Å²) in [6, 6.07) is -0.652. The number of carbonyl (C=O) groups excluding carboxylic acids is 2. The van der Waals surface area contributed by atoms with E-state index in [1.54, 1.807) is 4.90 Å². The third kappa shape index (κ3) is 4.18. The van der Waals surface area contributed by atoms with Gasteiger partial charge in [0, 0.05) is 18.6 Å². The summed E-state index contributed by atoms with van der Waals surface area (Å²) in [6.45, 7) is 8.72. The molecule has 0 aromatic heterocycles. The molecule has 0 aromatic rings. The van der Waals surface area contributed by atoms with Gasteiger partial charge in [0.15, 0.2) is 0 Å². The molecule has 1 aliphatic heterocycles. The van der Waals surface area contributed by atoms with Gasteiger partial charge < -0.3 is 20.3 Å². The van der Waals surface area contributed by atoms with Crippen molar-refractivity contribution in [3.8, 4) is 0 Å². The molecule has 0 aromatic carbocycles. The predicted molar refractivity (Wildman–Crippen MR) is 68.3 cm³/mol. The van der Waals surface area contributed by atoms with E-state index >= 15 is 0 Å². The molecule has 1 rings (SSSR count). The SMILES string of the molecule is CC(C)NC(=O)C1COCCN1C(=O)NC(C)C. The average Bonchev–Trinajstić information content (AvgIpc) is 2.27. The van der Waals surface area contributed by atoms with Crippen LogP contribution in [0, 0.1) is 0 Å². The monoisotopic (exact) mass is 257 g/mol. The summed E-state index contributed by atoms with van der Waals surface area (Å²) in [5.74, 6) is -0.163. The lowest BCUT2D eigenvalue weighted by atomic mass is 10.2. The Kier molecular flexibility index (Phi) is 5.40. The van der Waals surface area contributed by atoms with E-state index in [1.165, 1.54) is 0 Å². The highest BCUT2D eigenvalue weighted by Crippen LogP contribution is 2.08. The van der Waals surface area contributed by atoms with E-state index in [0.29, 0.717) is 13.2 Å². The van der Waals surface area contributed by atoms with Gasteiger partial charge in [-0.3, -0.25) is 4.79 Å². The third-order valence-electron chi connectivity index (χ3n) is 2.54. The van der Waals surface area contributed by atoms with Crippen LogP contribution in [0.15, 0.2) is 0 Å². The van der Waals surface area contributed by atoms with Crippen LogP contribution in [0.1, 0.15) is 27.7 Å². The molecule has 1 saturated heterocycles. The van der Waals surface area contributed by atoms with E-state index in [4.69, 9.17) is 4.74 Å². The highest BCUT2D eigenvalue weighted by atomic mass is 16.5. The molecule has 0 spiro atoms. The van der Waals surface area contributed by atoms with Crippen LogP contribution in [0.3, 0.4) is 0 Å². The fraction of sp³-hybridized carbons (Fsp3) is 0.833. The molecule has 2 N–H and O–H groups in total. The second-order valence-electron chi connectivity index (χ2n) is 5.05. The van der Waals surface area contributed by atoms with Gasteiger partial charge in [-0.1, -0.05) is 0 Å². The van der Waals surface area contributed by atoms with Crippen LogP contribution < -0.4 is 10.6 Å². The van der Waals surface area contributed by atoms with Gasteiger partial charge in [-0.25, -0.2) is 4.79 Å². The standard InChI is InChI=1S/C12H23N3O3/c1-8(2)13-11(16)10-7-18-6-5-15(10)12(17)14-9(3)4/h8-10H,5-7H2,1-4H3,(H,13,16)(H,14,17). The number of urea groups is 1. The number of amides is 3. The van der Waals surface area contributed by atoms with E-state index < -0.39 is 6.04 Å². The molecule has 1 heterocycles. The van der Waals surface area contributed by atoms with Crippen molar-refractivity contribution < 1.29 is 14.3 Å². The molecule has 1 fully saturated rings. The largest absolute Gasteiger partial charge is 0.377 e. The van der Waals surface area contributed by atoms with Crippen molar-refractivity contribution in [2.75, 3.05) is 19.8 Å². The summed E-state index contributed by atoms with van der Waals surface area (Å²) in [6.07, 6.45) is 0. The van der Waals surface area contributed by atoms with Crippen molar-refractivity contribution in [1.29, 1.82) is 0 Å². The first kappa shape index (κ1) is 14.8. The van der Waals surface area contributed by atoms with Gasteiger partial charge in [0.1, 0.15) is 6.04 Å². The minimum absolute atomic E-state index is 0.0501. The maximum atomic E-state index is 12.0. The van der Waals surface area contributed by atoms with E-state index in [0.717, 1.165) is 0 Å². The summed E-state index contributed by atoms with van der Waals surface area (Å²) in [5.41, 5.74) is 0. The zero-order chi connectivity index (χ0) is 13.7. The van der Waals surface area contributed by atoms with Gasteiger partial charge in [-0.15, -0.1) is 0 Å². The van der Waals surface area contributed by atoms with Crippen molar-refractivity contribution in [2.24, 2.45) is 0 Å². The molecule has 0 aliphatic carbocycles. The summed E-state index contributed by atoms with van der Waals surface area (Å²) < 4.78 is 5.29. The Morgan fingerprint density at radius 3 is 2.33 bits per heavy atom. The molecule has 1 unspecified atom stereocenters. The van der Waals surface area contributed by atoms with Gasteiger partial charge in [-0.05, 0) is 27.7 Å². The highest BCUT2D eigenvalue weighted by molar-refractivity contribution is 5.87. The first-order valence-corrected chi connectivity index (χ1v) is 6.37. The molecule has 104 valence electrons. The minimum atomic E-state index is -0.542. The van der Waals surface area contributed by atoms with Crippen molar-refractivity contribution in [2.45, 2.75) is 45.8 Å². The average molecular weight is 257 g/mol. The zero-order valence-electron chi connectivity index (χ0n) is 11.5. The van der Waals surface area contributed by atoms with Gasteiger partial charge in [0.05, 0.1) is 13.2 Å². The predicted octanol–water partition coefficient (Wildman–Crippen LogP) is 0.330. The lowest BCUT2D eigenvalue weighted by Gasteiger charge is -2.35. The summed E-state index contributed by atoms with van der Waals surface area (Å²) in [4.78, 5) is 25.5. The van der Waals surface area contributed by atoms with Crippen molar-refractivity contribution in [3.05, 3.63) is 0 Å². The van der Waals surface area contributed by atoms with E-state index in [9.17, 15) is 9.59 Å². The second-order valence-corrected chi connectivity index (χ2v) is 5.05. The molecular formula is C12H23N3O3. The normalized spacial score (nSPS) is 20.1. The molecular weight excluding hydrogens is 234 g/mol. The third-order valence-corrected chi connectivity index (χ3v) is 2.54. The number of morpholine rings is 1. The number of ether oxygens (including phenoxy) is 1. The lowest BCUT2D eigenvalue weighted by molar-refractivity contribution is -0.130. The molecule has 0 saturated carbocycles. The Hall–Kier alpha value is -1.30. The van der Waals surface area contributed by atoms with E-state index in [1.807, 2.05) is 27.7 Å². The van der Waals surface area contributed by atoms with Crippen molar-refractivity contribution in [1.82, 2.24) is 15.5 Å². The lowest BCUT2D eigenvalue weighted by Crippen LogP contribution is -2.59. The van der Waals surface area contributed by atoms with Crippen LogP contribution in [0.4, 0.5) is 4.79 Å². The number of nitrogens with zero attached hydrogens (tertiary/aromatic N) is 1. The molecule has 1 atom stereocenters. The van der Waals surface area contributed by atoms with Crippen molar-refractivity contribution >= 4 is 11.9 Å².